The van der Waals surface area contributed by atoms with Crippen molar-refractivity contribution in [3.63, 3.8) is 0 Å². The minimum absolute atomic E-state index is 0.0809. The molecule has 0 spiro atoms. The number of nitrogens with one attached hydrogen (secondary N) is 1. The second-order valence-electron chi connectivity index (χ2n) is 3.79. The van der Waals surface area contributed by atoms with Crippen LogP contribution in [0.1, 0.15) is 21.4 Å². The van der Waals surface area contributed by atoms with Gasteiger partial charge in [0.2, 0.25) is 0 Å². The van der Waals surface area contributed by atoms with Crippen LogP contribution >= 0.6 is 23.1 Å². The van der Waals surface area contributed by atoms with Gasteiger partial charge in [-0.3, -0.25) is 5.84 Å². The molecule has 90 valence electrons. The van der Waals surface area contributed by atoms with E-state index in [4.69, 9.17) is 5.84 Å². The standard InChI is InChI=1S/C13H16N2S2/c1-9-7-8-12(17-9)13(15-14)10-5-3-4-6-11(10)16-2/h3-8,13,15H,14H2,1-2H3. The van der Waals surface area contributed by atoms with E-state index in [1.165, 1.54) is 20.2 Å². The average molecular weight is 264 g/mol. The number of thiophene rings is 1. The van der Waals surface area contributed by atoms with Crippen molar-refractivity contribution in [3.8, 4) is 0 Å². The van der Waals surface area contributed by atoms with Gasteiger partial charge in [0.25, 0.3) is 0 Å². The molecule has 1 aromatic carbocycles. The fourth-order valence-corrected chi connectivity index (χ4v) is 3.43. The van der Waals surface area contributed by atoms with Gasteiger partial charge in [-0.15, -0.1) is 23.1 Å². The molecule has 1 heterocycles. The highest BCUT2D eigenvalue weighted by Crippen LogP contribution is 2.32. The van der Waals surface area contributed by atoms with Crippen LogP contribution in [-0.2, 0) is 0 Å². The molecular weight excluding hydrogens is 248 g/mol. The van der Waals surface area contributed by atoms with E-state index >= 15 is 0 Å². The van der Waals surface area contributed by atoms with E-state index in [1.54, 1.807) is 23.1 Å². The van der Waals surface area contributed by atoms with E-state index in [1.807, 2.05) is 0 Å². The van der Waals surface area contributed by atoms with Gasteiger partial charge >= 0.3 is 0 Å². The van der Waals surface area contributed by atoms with Crippen LogP contribution in [0.2, 0.25) is 0 Å². The smallest absolute Gasteiger partial charge is 0.0813 e. The Hall–Kier alpha value is -0.810. The maximum Gasteiger partial charge on any atom is 0.0813 e. The molecule has 3 N–H and O–H groups in total. The van der Waals surface area contributed by atoms with Gasteiger partial charge in [-0.05, 0) is 36.9 Å². The van der Waals surface area contributed by atoms with Crippen molar-refractivity contribution in [3.05, 3.63) is 51.7 Å². The molecular formula is C13H16N2S2. The summed E-state index contributed by atoms with van der Waals surface area (Å²) in [6.07, 6.45) is 2.09. The number of hydrogen-bond acceptors (Lipinski definition) is 4. The summed E-state index contributed by atoms with van der Waals surface area (Å²) in [7, 11) is 0. The third-order valence-corrected chi connectivity index (χ3v) is 4.54. The Morgan fingerprint density at radius 2 is 2.00 bits per heavy atom. The van der Waals surface area contributed by atoms with Crippen molar-refractivity contribution in [1.82, 2.24) is 5.43 Å². The maximum absolute atomic E-state index is 5.72. The average Bonchev–Trinajstić information content (AvgIpc) is 2.77. The Morgan fingerprint density at radius 1 is 1.24 bits per heavy atom. The van der Waals surface area contributed by atoms with Gasteiger partial charge in [0, 0.05) is 14.6 Å². The Labute approximate surface area is 110 Å². The third-order valence-electron chi connectivity index (χ3n) is 2.66. The van der Waals surface area contributed by atoms with Crippen LogP contribution in [0.15, 0.2) is 41.3 Å². The van der Waals surface area contributed by atoms with Crippen molar-refractivity contribution in [2.45, 2.75) is 17.9 Å². The zero-order chi connectivity index (χ0) is 12.3. The van der Waals surface area contributed by atoms with E-state index in [0.29, 0.717) is 0 Å². The predicted octanol–water partition coefficient (Wildman–Crippen LogP) is 3.33. The summed E-state index contributed by atoms with van der Waals surface area (Å²) in [5.41, 5.74) is 4.16. The minimum atomic E-state index is 0.0809. The quantitative estimate of drug-likeness (QED) is 0.505. The number of nitrogens with two attached hydrogens (primary N) is 1. The molecule has 1 unspecified atom stereocenters. The summed E-state index contributed by atoms with van der Waals surface area (Å²) < 4.78 is 0. The lowest BCUT2D eigenvalue weighted by Crippen LogP contribution is -2.28. The van der Waals surface area contributed by atoms with Crippen LogP contribution in [0.3, 0.4) is 0 Å². The molecule has 17 heavy (non-hydrogen) atoms. The van der Waals surface area contributed by atoms with E-state index in [0.717, 1.165) is 0 Å². The third kappa shape index (κ3) is 2.72. The Bertz CT molecular complexity index is 494. The van der Waals surface area contributed by atoms with Gasteiger partial charge in [-0.25, -0.2) is 5.43 Å². The topological polar surface area (TPSA) is 38.0 Å². The van der Waals surface area contributed by atoms with Crippen molar-refractivity contribution in [2.75, 3.05) is 6.26 Å². The predicted molar refractivity (Wildman–Crippen MR) is 76.4 cm³/mol. The SMILES string of the molecule is CSc1ccccc1C(NN)c1ccc(C)s1. The van der Waals surface area contributed by atoms with Crippen LogP contribution in [0, 0.1) is 6.92 Å². The van der Waals surface area contributed by atoms with Crippen molar-refractivity contribution < 1.29 is 0 Å². The lowest BCUT2D eigenvalue weighted by Gasteiger charge is -2.17. The number of rotatable bonds is 4. The van der Waals surface area contributed by atoms with Gasteiger partial charge in [0.15, 0.2) is 0 Å². The van der Waals surface area contributed by atoms with Gasteiger partial charge < -0.3 is 0 Å². The lowest BCUT2D eigenvalue weighted by molar-refractivity contribution is 0.637. The fraction of sp³-hybridized carbons (Fsp3) is 0.231. The molecule has 0 amide bonds. The normalized spacial score (nSPS) is 12.6. The molecule has 2 rings (SSSR count). The van der Waals surface area contributed by atoms with Crippen LogP contribution in [0.25, 0.3) is 0 Å². The summed E-state index contributed by atoms with van der Waals surface area (Å²) in [4.78, 5) is 3.83. The number of benzene rings is 1. The van der Waals surface area contributed by atoms with E-state index < -0.39 is 0 Å². The number of thioether (sulfide) groups is 1. The number of hydrogen-bond donors (Lipinski definition) is 2. The molecule has 2 aromatic rings. The molecule has 0 saturated carbocycles. The van der Waals surface area contributed by atoms with Crippen molar-refractivity contribution in [1.29, 1.82) is 0 Å². The Kier molecular flexibility index (Phi) is 4.23. The van der Waals surface area contributed by atoms with Gasteiger partial charge in [0.1, 0.15) is 0 Å². The first-order valence-electron chi connectivity index (χ1n) is 5.41. The molecule has 0 aliphatic heterocycles. The molecule has 0 saturated heterocycles. The number of aryl methyl sites for hydroxylation is 1. The van der Waals surface area contributed by atoms with Crippen LogP contribution in [0.5, 0.6) is 0 Å². The second kappa shape index (κ2) is 5.69. The van der Waals surface area contributed by atoms with Crippen LogP contribution < -0.4 is 11.3 Å². The summed E-state index contributed by atoms with van der Waals surface area (Å²) in [5, 5.41) is 0. The molecule has 1 aromatic heterocycles. The van der Waals surface area contributed by atoms with Gasteiger partial charge in [-0.2, -0.15) is 0 Å². The molecule has 0 fully saturated rings. The molecule has 0 aliphatic carbocycles. The molecule has 4 heteroatoms. The molecule has 0 radical (unpaired) electrons. The summed E-state index contributed by atoms with van der Waals surface area (Å²) in [6, 6.07) is 12.7. The zero-order valence-electron chi connectivity index (χ0n) is 9.94. The first-order chi connectivity index (χ1) is 8.26. The lowest BCUT2D eigenvalue weighted by atomic mass is 10.1. The van der Waals surface area contributed by atoms with Crippen LogP contribution in [0.4, 0.5) is 0 Å². The molecule has 1 atom stereocenters. The Morgan fingerprint density at radius 3 is 2.59 bits per heavy atom. The largest absolute Gasteiger partial charge is 0.271 e. The highest BCUT2D eigenvalue weighted by molar-refractivity contribution is 7.98. The van der Waals surface area contributed by atoms with E-state index in [2.05, 4.69) is 55.0 Å². The minimum Gasteiger partial charge on any atom is -0.271 e. The fourth-order valence-electron chi connectivity index (χ4n) is 1.84. The highest BCUT2D eigenvalue weighted by Gasteiger charge is 2.16. The Balaban J connectivity index is 2.41. The summed E-state index contributed by atoms with van der Waals surface area (Å²) in [5.74, 6) is 5.72. The highest BCUT2D eigenvalue weighted by atomic mass is 32.2. The van der Waals surface area contributed by atoms with E-state index in [-0.39, 0.29) is 6.04 Å². The van der Waals surface area contributed by atoms with Gasteiger partial charge in [-0.1, -0.05) is 18.2 Å². The number of hydrazine groups is 1. The maximum atomic E-state index is 5.72. The van der Waals surface area contributed by atoms with E-state index in [9.17, 15) is 0 Å². The zero-order valence-corrected chi connectivity index (χ0v) is 11.6. The molecule has 0 aliphatic rings. The first kappa shape index (κ1) is 12.6. The first-order valence-corrected chi connectivity index (χ1v) is 7.45. The molecule has 0 bridgehead atoms. The molecule has 2 nitrogen and oxygen atoms in total. The monoisotopic (exact) mass is 264 g/mol. The van der Waals surface area contributed by atoms with Crippen LogP contribution in [-0.4, -0.2) is 6.26 Å². The summed E-state index contributed by atoms with van der Waals surface area (Å²) in [6.45, 7) is 2.11. The van der Waals surface area contributed by atoms with Crippen molar-refractivity contribution in [2.24, 2.45) is 5.84 Å². The van der Waals surface area contributed by atoms with Gasteiger partial charge in [0.05, 0.1) is 6.04 Å². The second-order valence-corrected chi connectivity index (χ2v) is 5.96. The van der Waals surface area contributed by atoms with Crippen molar-refractivity contribution >= 4 is 23.1 Å². The summed E-state index contributed by atoms with van der Waals surface area (Å²) >= 11 is 3.53.